The maximum Gasteiger partial charge on any atom is 0.0421 e. The zero-order valence-corrected chi connectivity index (χ0v) is 7.96. The summed E-state index contributed by atoms with van der Waals surface area (Å²) < 4.78 is 0. The van der Waals surface area contributed by atoms with Gasteiger partial charge in [0.1, 0.15) is 0 Å². The van der Waals surface area contributed by atoms with Gasteiger partial charge in [0, 0.05) is 24.4 Å². The van der Waals surface area contributed by atoms with Crippen LogP contribution in [0.25, 0.3) is 0 Å². The number of aromatic nitrogens is 1. The topological polar surface area (TPSA) is 24.9 Å². The number of hydrogen-bond donors (Lipinski definition) is 1. The van der Waals surface area contributed by atoms with Crippen LogP contribution in [0.3, 0.4) is 0 Å². The Bertz CT molecular complexity index is 245. The smallest absolute Gasteiger partial charge is 0.0421 e. The number of nitrogens with zero attached hydrogens (tertiary/aromatic N) is 1. The highest BCUT2D eigenvalue weighted by Crippen LogP contribution is 2.02. The van der Waals surface area contributed by atoms with Crippen molar-refractivity contribution in [3.8, 4) is 0 Å². The second-order valence-electron chi connectivity index (χ2n) is 3.22. The van der Waals surface area contributed by atoms with Gasteiger partial charge in [-0.1, -0.05) is 0 Å². The quantitative estimate of drug-likeness (QED) is 0.733. The summed E-state index contributed by atoms with van der Waals surface area (Å²) in [6, 6.07) is 4.65. The molecule has 0 amide bonds. The van der Waals surface area contributed by atoms with Crippen molar-refractivity contribution in [2.24, 2.45) is 0 Å². The molecule has 1 aromatic heterocycles. The van der Waals surface area contributed by atoms with Gasteiger partial charge in [0.2, 0.25) is 0 Å². The van der Waals surface area contributed by atoms with Crippen molar-refractivity contribution in [2.75, 3.05) is 7.05 Å². The van der Waals surface area contributed by atoms with E-state index in [0.717, 1.165) is 12.1 Å². The highest BCUT2D eigenvalue weighted by molar-refractivity contribution is 5.14. The monoisotopic (exact) mass is 164 g/mol. The molecule has 0 fully saturated rings. The van der Waals surface area contributed by atoms with Gasteiger partial charge in [-0.3, -0.25) is 4.98 Å². The zero-order valence-electron chi connectivity index (χ0n) is 7.96. The number of pyridine rings is 1. The first-order chi connectivity index (χ1) is 5.72. The normalized spacial score (nSPS) is 12.9. The van der Waals surface area contributed by atoms with E-state index in [1.807, 2.05) is 19.3 Å². The second kappa shape index (κ2) is 4.21. The van der Waals surface area contributed by atoms with Gasteiger partial charge < -0.3 is 5.32 Å². The molecule has 0 saturated heterocycles. The van der Waals surface area contributed by atoms with Crippen molar-refractivity contribution in [3.05, 3.63) is 29.6 Å². The Kier molecular flexibility index (Phi) is 3.23. The summed E-state index contributed by atoms with van der Waals surface area (Å²) >= 11 is 0. The van der Waals surface area contributed by atoms with Crippen LogP contribution in [-0.2, 0) is 6.42 Å². The Morgan fingerprint density at radius 1 is 1.58 bits per heavy atom. The summed E-state index contributed by atoms with van der Waals surface area (Å²) in [5.74, 6) is 0. The van der Waals surface area contributed by atoms with Gasteiger partial charge >= 0.3 is 0 Å². The van der Waals surface area contributed by atoms with E-state index in [9.17, 15) is 0 Å². The predicted octanol–water partition coefficient (Wildman–Crippen LogP) is 1.54. The summed E-state index contributed by atoms with van der Waals surface area (Å²) in [6.07, 6.45) is 2.87. The molecular formula is C10H16N2. The van der Waals surface area contributed by atoms with Crippen LogP contribution >= 0.6 is 0 Å². The Morgan fingerprint density at radius 3 is 2.92 bits per heavy atom. The van der Waals surface area contributed by atoms with Crippen molar-refractivity contribution < 1.29 is 0 Å². The fraction of sp³-hybridized carbons (Fsp3) is 0.500. The van der Waals surface area contributed by atoms with E-state index in [4.69, 9.17) is 0 Å². The maximum atomic E-state index is 4.29. The van der Waals surface area contributed by atoms with Crippen molar-refractivity contribution in [1.29, 1.82) is 0 Å². The van der Waals surface area contributed by atoms with Gasteiger partial charge in [0.15, 0.2) is 0 Å². The molecule has 1 atom stereocenters. The highest BCUT2D eigenvalue weighted by Gasteiger charge is 2.00. The van der Waals surface area contributed by atoms with Gasteiger partial charge in [-0.25, -0.2) is 0 Å². The van der Waals surface area contributed by atoms with E-state index >= 15 is 0 Å². The van der Waals surface area contributed by atoms with Crippen molar-refractivity contribution in [2.45, 2.75) is 26.3 Å². The molecule has 0 unspecified atom stereocenters. The van der Waals surface area contributed by atoms with E-state index in [1.165, 1.54) is 5.56 Å². The molecule has 0 radical (unpaired) electrons. The molecule has 1 aromatic rings. The van der Waals surface area contributed by atoms with E-state index in [-0.39, 0.29) is 0 Å². The first-order valence-electron chi connectivity index (χ1n) is 4.31. The SMILES string of the molecule is CN[C@H](C)Cc1cc(C)ccn1. The largest absolute Gasteiger partial charge is 0.317 e. The molecule has 0 aromatic carbocycles. The molecule has 12 heavy (non-hydrogen) atoms. The minimum atomic E-state index is 0.499. The second-order valence-corrected chi connectivity index (χ2v) is 3.22. The zero-order chi connectivity index (χ0) is 8.97. The standard InChI is InChI=1S/C10H16N2/c1-8-4-5-12-10(6-8)7-9(2)11-3/h4-6,9,11H,7H2,1-3H3/t9-/m1/s1. The van der Waals surface area contributed by atoms with E-state index in [2.05, 4.69) is 30.2 Å². The summed E-state index contributed by atoms with van der Waals surface area (Å²) in [4.78, 5) is 4.29. The molecular weight excluding hydrogens is 148 g/mol. The molecule has 1 N–H and O–H groups in total. The third kappa shape index (κ3) is 2.62. The van der Waals surface area contributed by atoms with Crippen LogP contribution in [0.4, 0.5) is 0 Å². The van der Waals surface area contributed by atoms with Crippen LogP contribution in [0.15, 0.2) is 18.3 Å². The van der Waals surface area contributed by atoms with Crippen LogP contribution in [0, 0.1) is 6.92 Å². The molecule has 1 rings (SSSR count). The minimum absolute atomic E-state index is 0.499. The van der Waals surface area contributed by atoms with Crippen molar-refractivity contribution >= 4 is 0 Å². The summed E-state index contributed by atoms with van der Waals surface area (Å²) in [7, 11) is 1.97. The molecule has 0 bridgehead atoms. The Balaban J connectivity index is 2.63. The Labute approximate surface area is 74.0 Å². The summed E-state index contributed by atoms with van der Waals surface area (Å²) in [5.41, 5.74) is 2.44. The fourth-order valence-corrected chi connectivity index (χ4v) is 1.13. The molecule has 0 spiro atoms. The van der Waals surface area contributed by atoms with E-state index in [1.54, 1.807) is 0 Å². The number of aryl methyl sites for hydroxylation is 1. The first kappa shape index (κ1) is 9.20. The lowest BCUT2D eigenvalue weighted by Crippen LogP contribution is -2.23. The van der Waals surface area contributed by atoms with Crippen LogP contribution in [0.5, 0.6) is 0 Å². The number of likely N-dealkylation sites (N-methyl/N-ethyl adjacent to an activating group) is 1. The third-order valence-electron chi connectivity index (χ3n) is 1.98. The average Bonchev–Trinajstić information content (AvgIpc) is 2.04. The minimum Gasteiger partial charge on any atom is -0.317 e. The van der Waals surface area contributed by atoms with Gasteiger partial charge in [-0.2, -0.15) is 0 Å². The van der Waals surface area contributed by atoms with Gasteiger partial charge in [-0.15, -0.1) is 0 Å². The average molecular weight is 164 g/mol. The predicted molar refractivity (Wildman–Crippen MR) is 51.2 cm³/mol. The third-order valence-corrected chi connectivity index (χ3v) is 1.98. The molecule has 0 aliphatic carbocycles. The summed E-state index contributed by atoms with van der Waals surface area (Å²) in [5, 5.41) is 3.19. The van der Waals surface area contributed by atoms with Crippen molar-refractivity contribution in [1.82, 2.24) is 10.3 Å². The van der Waals surface area contributed by atoms with Crippen LogP contribution < -0.4 is 5.32 Å². The Morgan fingerprint density at radius 2 is 2.33 bits per heavy atom. The molecule has 2 heteroatoms. The molecule has 2 nitrogen and oxygen atoms in total. The van der Waals surface area contributed by atoms with Crippen LogP contribution in [0.1, 0.15) is 18.2 Å². The summed E-state index contributed by atoms with van der Waals surface area (Å²) in [6.45, 7) is 4.25. The van der Waals surface area contributed by atoms with Gasteiger partial charge in [-0.05, 0) is 38.6 Å². The van der Waals surface area contributed by atoms with E-state index < -0.39 is 0 Å². The van der Waals surface area contributed by atoms with Gasteiger partial charge in [0.05, 0.1) is 0 Å². The van der Waals surface area contributed by atoms with Crippen LogP contribution in [-0.4, -0.2) is 18.1 Å². The lowest BCUT2D eigenvalue weighted by atomic mass is 10.1. The fourth-order valence-electron chi connectivity index (χ4n) is 1.13. The lowest BCUT2D eigenvalue weighted by molar-refractivity contribution is 0.600. The molecule has 0 aliphatic heterocycles. The van der Waals surface area contributed by atoms with Crippen LogP contribution in [0.2, 0.25) is 0 Å². The lowest BCUT2D eigenvalue weighted by Gasteiger charge is -2.08. The van der Waals surface area contributed by atoms with Gasteiger partial charge in [0.25, 0.3) is 0 Å². The number of rotatable bonds is 3. The molecule has 66 valence electrons. The number of nitrogens with one attached hydrogen (secondary N) is 1. The van der Waals surface area contributed by atoms with E-state index in [0.29, 0.717) is 6.04 Å². The maximum absolute atomic E-state index is 4.29. The molecule has 0 aliphatic rings. The first-order valence-corrected chi connectivity index (χ1v) is 4.31. The Hall–Kier alpha value is -0.890. The van der Waals surface area contributed by atoms with Crippen molar-refractivity contribution in [3.63, 3.8) is 0 Å². The molecule has 0 saturated carbocycles. The number of hydrogen-bond acceptors (Lipinski definition) is 2. The molecule has 1 heterocycles. The highest BCUT2D eigenvalue weighted by atomic mass is 14.9.